The summed E-state index contributed by atoms with van der Waals surface area (Å²) in [5.41, 5.74) is 6.50. The summed E-state index contributed by atoms with van der Waals surface area (Å²) in [6.07, 6.45) is 0. The molecule has 3 aromatic rings. The van der Waals surface area contributed by atoms with Gasteiger partial charge in [-0.15, -0.1) is 11.3 Å². The van der Waals surface area contributed by atoms with Crippen molar-refractivity contribution in [2.24, 2.45) is 0 Å². The van der Waals surface area contributed by atoms with Crippen molar-refractivity contribution in [3.63, 3.8) is 0 Å². The number of nitrogens with two attached hydrogens (primary N) is 1. The van der Waals surface area contributed by atoms with E-state index in [1.165, 1.54) is 4.70 Å². The van der Waals surface area contributed by atoms with E-state index in [4.69, 9.17) is 21.9 Å². The van der Waals surface area contributed by atoms with Crippen molar-refractivity contribution in [2.45, 2.75) is 0 Å². The standard InChI is InChI=1S/C11H7ClN2OS/c12-9-10(15-14-11(9)13)7-5-16-8-4-2-1-3-6(7)8/h1-5H,(H2,13,14). The molecular formula is C11H7ClN2OS. The molecule has 1 aromatic carbocycles. The second-order valence-corrected chi connectivity index (χ2v) is 4.65. The predicted molar refractivity (Wildman–Crippen MR) is 66.7 cm³/mol. The molecule has 0 saturated carbocycles. The Morgan fingerprint density at radius 2 is 2.12 bits per heavy atom. The van der Waals surface area contributed by atoms with Gasteiger partial charge >= 0.3 is 0 Å². The highest BCUT2D eigenvalue weighted by Gasteiger charge is 2.16. The molecule has 0 unspecified atom stereocenters. The number of hydrogen-bond donors (Lipinski definition) is 1. The number of halogens is 1. The van der Waals surface area contributed by atoms with E-state index >= 15 is 0 Å². The lowest BCUT2D eigenvalue weighted by Gasteiger charge is -1.93. The molecule has 0 radical (unpaired) electrons. The Bertz CT molecular complexity index is 659. The number of nitrogen functional groups attached to an aromatic ring is 1. The Morgan fingerprint density at radius 3 is 2.88 bits per heavy atom. The van der Waals surface area contributed by atoms with E-state index in [0.717, 1.165) is 10.9 Å². The van der Waals surface area contributed by atoms with E-state index in [0.29, 0.717) is 10.8 Å². The van der Waals surface area contributed by atoms with Gasteiger partial charge in [0.15, 0.2) is 11.6 Å². The van der Waals surface area contributed by atoms with Gasteiger partial charge in [-0.2, -0.15) is 0 Å². The van der Waals surface area contributed by atoms with Gasteiger partial charge in [0, 0.05) is 21.0 Å². The zero-order valence-electron chi connectivity index (χ0n) is 8.11. The molecule has 0 bridgehead atoms. The maximum Gasteiger partial charge on any atom is 0.189 e. The number of nitrogens with zero attached hydrogens (tertiary/aromatic N) is 1. The summed E-state index contributed by atoms with van der Waals surface area (Å²) in [7, 11) is 0. The van der Waals surface area contributed by atoms with Gasteiger partial charge in [0.2, 0.25) is 0 Å². The van der Waals surface area contributed by atoms with Crippen molar-refractivity contribution in [1.82, 2.24) is 5.16 Å². The second kappa shape index (κ2) is 3.50. The molecule has 0 aliphatic heterocycles. The third kappa shape index (κ3) is 1.31. The van der Waals surface area contributed by atoms with E-state index in [-0.39, 0.29) is 5.82 Å². The quantitative estimate of drug-likeness (QED) is 0.715. The van der Waals surface area contributed by atoms with Gasteiger partial charge in [-0.25, -0.2) is 0 Å². The monoisotopic (exact) mass is 250 g/mol. The van der Waals surface area contributed by atoms with Crippen molar-refractivity contribution >= 4 is 38.8 Å². The summed E-state index contributed by atoms with van der Waals surface area (Å²) in [6, 6.07) is 8.05. The van der Waals surface area contributed by atoms with E-state index in [1.54, 1.807) is 11.3 Å². The average Bonchev–Trinajstić information content (AvgIpc) is 2.85. The van der Waals surface area contributed by atoms with Crippen molar-refractivity contribution in [3.8, 4) is 11.3 Å². The van der Waals surface area contributed by atoms with Crippen LogP contribution in [0.1, 0.15) is 0 Å². The van der Waals surface area contributed by atoms with Gasteiger partial charge in [0.05, 0.1) is 0 Å². The molecule has 2 N–H and O–H groups in total. The van der Waals surface area contributed by atoms with Crippen molar-refractivity contribution in [2.75, 3.05) is 5.73 Å². The number of fused-ring (bicyclic) bond motifs is 1. The van der Waals surface area contributed by atoms with Crippen LogP contribution in [0.15, 0.2) is 34.2 Å². The van der Waals surface area contributed by atoms with Gasteiger partial charge < -0.3 is 10.3 Å². The van der Waals surface area contributed by atoms with Crippen molar-refractivity contribution < 1.29 is 4.52 Å². The second-order valence-electron chi connectivity index (χ2n) is 3.36. The third-order valence-corrected chi connectivity index (χ3v) is 3.71. The molecule has 0 saturated heterocycles. The summed E-state index contributed by atoms with van der Waals surface area (Å²) in [4.78, 5) is 0. The fourth-order valence-corrected chi connectivity index (χ4v) is 2.72. The lowest BCUT2D eigenvalue weighted by atomic mass is 10.1. The van der Waals surface area contributed by atoms with Crippen LogP contribution in [0.3, 0.4) is 0 Å². The number of anilines is 1. The van der Waals surface area contributed by atoms with Crippen LogP contribution in [0.5, 0.6) is 0 Å². The maximum absolute atomic E-state index is 6.02. The van der Waals surface area contributed by atoms with Crippen LogP contribution in [0.25, 0.3) is 21.4 Å². The topological polar surface area (TPSA) is 52.0 Å². The third-order valence-electron chi connectivity index (χ3n) is 2.39. The molecule has 3 rings (SSSR count). The summed E-state index contributed by atoms with van der Waals surface area (Å²) >= 11 is 7.66. The number of rotatable bonds is 1. The Hall–Kier alpha value is -1.52. The van der Waals surface area contributed by atoms with Crippen LogP contribution in [-0.4, -0.2) is 5.16 Å². The Kier molecular flexibility index (Phi) is 2.12. The average molecular weight is 251 g/mol. The van der Waals surface area contributed by atoms with Gasteiger partial charge in [0.1, 0.15) is 5.02 Å². The smallest absolute Gasteiger partial charge is 0.189 e. The van der Waals surface area contributed by atoms with E-state index in [2.05, 4.69) is 11.2 Å². The lowest BCUT2D eigenvalue weighted by Crippen LogP contribution is -1.82. The molecule has 0 aliphatic carbocycles. The summed E-state index contributed by atoms with van der Waals surface area (Å²) in [5, 5.41) is 7.13. The van der Waals surface area contributed by atoms with Crippen LogP contribution in [-0.2, 0) is 0 Å². The molecule has 5 heteroatoms. The van der Waals surface area contributed by atoms with Gasteiger partial charge in [-0.05, 0) is 6.07 Å². The van der Waals surface area contributed by atoms with Crippen molar-refractivity contribution in [3.05, 3.63) is 34.7 Å². The minimum atomic E-state index is 0.229. The van der Waals surface area contributed by atoms with E-state index < -0.39 is 0 Å². The molecule has 2 aromatic heterocycles. The molecule has 3 nitrogen and oxygen atoms in total. The van der Waals surface area contributed by atoms with Gasteiger partial charge in [-0.1, -0.05) is 35.0 Å². The van der Waals surface area contributed by atoms with Crippen LogP contribution >= 0.6 is 22.9 Å². The van der Waals surface area contributed by atoms with E-state index in [9.17, 15) is 0 Å². The minimum Gasteiger partial charge on any atom is -0.380 e. The first-order valence-corrected chi connectivity index (χ1v) is 5.90. The molecule has 2 heterocycles. The van der Waals surface area contributed by atoms with Crippen LogP contribution in [0.4, 0.5) is 5.82 Å². The molecular weight excluding hydrogens is 244 g/mol. The zero-order valence-corrected chi connectivity index (χ0v) is 9.68. The highest BCUT2D eigenvalue weighted by atomic mass is 35.5. The van der Waals surface area contributed by atoms with Crippen LogP contribution < -0.4 is 5.73 Å². The maximum atomic E-state index is 6.02. The fourth-order valence-electron chi connectivity index (χ4n) is 1.61. The molecule has 80 valence electrons. The molecule has 0 fully saturated rings. The minimum absolute atomic E-state index is 0.229. The highest BCUT2D eigenvalue weighted by molar-refractivity contribution is 7.17. The number of thiophene rings is 1. The number of benzene rings is 1. The summed E-state index contributed by atoms with van der Waals surface area (Å²) in [6.45, 7) is 0. The molecule has 0 aliphatic rings. The molecule has 0 spiro atoms. The summed E-state index contributed by atoms with van der Waals surface area (Å²) in [5.74, 6) is 0.767. The molecule has 0 atom stereocenters. The Balaban J connectivity index is 2.30. The van der Waals surface area contributed by atoms with Crippen molar-refractivity contribution in [1.29, 1.82) is 0 Å². The number of hydrogen-bond acceptors (Lipinski definition) is 4. The molecule has 0 amide bonds. The first-order valence-electron chi connectivity index (χ1n) is 4.64. The fraction of sp³-hybridized carbons (Fsp3) is 0. The zero-order chi connectivity index (χ0) is 11.1. The van der Waals surface area contributed by atoms with E-state index in [1.807, 2.05) is 23.6 Å². The van der Waals surface area contributed by atoms with Crippen LogP contribution in [0, 0.1) is 0 Å². The SMILES string of the molecule is Nc1noc(-c2csc3ccccc23)c1Cl. The number of aromatic nitrogens is 1. The molecule has 16 heavy (non-hydrogen) atoms. The van der Waals surface area contributed by atoms with Gasteiger partial charge in [0.25, 0.3) is 0 Å². The van der Waals surface area contributed by atoms with Crippen LogP contribution in [0.2, 0.25) is 5.02 Å². The highest BCUT2D eigenvalue weighted by Crippen LogP contribution is 2.39. The Morgan fingerprint density at radius 1 is 1.31 bits per heavy atom. The first-order chi connectivity index (χ1) is 7.77. The predicted octanol–water partition coefficient (Wildman–Crippen LogP) is 3.79. The first kappa shape index (κ1) is 9.69. The normalized spacial score (nSPS) is 11.1. The Labute approximate surface area is 100 Å². The van der Waals surface area contributed by atoms with Gasteiger partial charge in [-0.3, -0.25) is 0 Å². The summed E-state index contributed by atoms with van der Waals surface area (Å²) < 4.78 is 6.33. The lowest BCUT2D eigenvalue weighted by molar-refractivity contribution is 0.436. The largest absolute Gasteiger partial charge is 0.380 e.